The van der Waals surface area contributed by atoms with Crippen LogP contribution >= 0.6 is 12.2 Å². The lowest BCUT2D eigenvalue weighted by Crippen LogP contribution is -2.14. The lowest BCUT2D eigenvalue weighted by molar-refractivity contribution is 0.303. The summed E-state index contributed by atoms with van der Waals surface area (Å²) in [5.41, 5.74) is 9.15. The molecule has 0 saturated carbocycles. The zero-order chi connectivity index (χ0) is 14.7. The second-order valence-corrected chi connectivity index (χ2v) is 5.16. The SMILES string of the molecule is Cc1ccc(OCc2ccc(F)cc2C(N)=S)c(C)c1. The van der Waals surface area contributed by atoms with Gasteiger partial charge in [0.05, 0.1) is 0 Å². The molecule has 0 aliphatic rings. The smallest absolute Gasteiger partial charge is 0.123 e. The minimum Gasteiger partial charge on any atom is -0.489 e. The van der Waals surface area contributed by atoms with Crippen molar-refractivity contribution in [1.29, 1.82) is 0 Å². The molecule has 0 aliphatic carbocycles. The summed E-state index contributed by atoms with van der Waals surface area (Å²) in [5, 5.41) is 0. The summed E-state index contributed by atoms with van der Waals surface area (Å²) >= 11 is 4.94. The second kappa shape index (κ2) is 6.01. The second-order valence-electron chi connectivity index (χ2n) is 4.72. The summed E-state index contributed by atoms with van der Waals surface area (Å²) in [6.45, 7) is 4.32. The minimum absolute atomic E-state index is 0.170. The number of rotatable bonds is 4. The first-order valence-corrected chi connectivity index (χ1v) is 6.66. The van der Waals surface area contributed by atoms with Gasteiger partial charge in [0.15, 0.2) is 0 Å². The van der Waals surface area contributed by atoms with Gasteiger partial charge in [0.25, 0.3) is 0 Å². The normalized spacial score (nSPS) is 10.3. The third kappa shape index (κ3) is 3.33. The van der Waals surface area contributed by atoms with E-state index in [0.29, 0.717) is 12.2 Å². The molecule has 0 radical (unpaired) electrons. The van der Waals surface area contributed by atoms with Crippen LogP contribution in [0, 0.1) is 19.7 Å². The van der Waals surface area contributed by atoms with Gasteiger partial charge >= 0.3 is 0 Å². The van der Waals surface area contributed by atoms with Gasteiger partial charge in [0, 0.05) is 5.56 Å². The molecule has 0 amide bonds. The molecule has 0 bridgehead atoms. The van der Waals surface area contributed by atoms with Gasteiger partial charge in [0.2, 0.25) is 0 Å². The third-order valence-corrected chi connectivity index (χ3v) is 3.27. The van der Waals surface area contributed by atoms with E-state index >= 15 is 0 Å². The molecule has 0 aliphatic heterocycles. The summed E-state index contributed by atoms with van der Waals surface area (Å²) in [4.78, 5) is 0.170. The van der Waals surface area contributed by atoms with Gasteiger partial charge < -0.3 is 10.5 Å². The molecule has 2 rings (SSSR count). The zero-order valence-electron chi connectivity index (χ0n) is 11.4. The average Bonchev–Trinajstić information content (AvgIpc) is 2.38. The summed E-state index contributed by atoms with van der Waals surface area (Å²) in [6.07, 6.45) is 0. The van der Waals surface area contributed by atoms with Crippen LogP contribution in [0.5, 0.6) is 5.75 Å². The van der Waals surface area contributed by atoms with Crippen LogP contribution in [0.25, 0.3) is 0 Å². The zero-order valence-corrected chi connectivity index (χ0v) is 12.3. The quantitative estimate of drug-likeness (QED) is 0.873. The highest BCUT2D eigenvalue weighted by atomic mass is 32.1. The predicted molar refractivity (Wildman–Crippen MR) is 82.5 cm³/mol. The van der Waals surface area contributed by atoms with E-state index in [4.69, 9.17) is 22.7 Å². The Balaban J connectivity index is 2.20. The largest absolute Gasteiger partial charge is 0.489 e. The van der Waals surface area contributed by atoms with Crippen molar-refractivity contribution < 1.29 is 9.13 Å². The van der Waals surface area contributed by atoms with E-state index in [0.717, 1.165) is 16.9 Å². The van der Waals surface area contributed by atoms with Crippen LogP contribution in [0.1, 0.15) is 22.3 Å². The van der Waals surface area contributed by atoms with Crippen molar-refractivity contribution in [3.63, 3.8) is 0 Å². The number of benzene rings is 2. The van der Waals surface area contributed by atoms with Gasteiger partial charge in [-0.2, -0.15) is 0 Å². The number of nitrogens with two attached hydrogens (primary N) is 1. The fourth-order valence-electron chi connectivity index (χ4n) is 2.02. The molecular weight excluding hydrogens is 273 g/mol. The van der Waals surface area contributed by atoms with Gasteiger partial charge in [0.1, 0.15) is 23.2 Å². The van der Waals surface area contributed by atoms with Crippen molar-refractivity contribution in [3.8, 4) is 5.75 Å². The van der Waals surface area contributed by atoms with E-state index in [1.165, 1.54) is 17.7 Å². The van der Waals surface area contributed by atoms with Gasteiger partial charge in [-0.3, -0.25) is 0 Å². The van der Waals surface area contributed by atoms with E-state index < -0.39 is 0 Å². The third-order valence-electron chi connectivity index (χ3n) is 3.05. The number of aryl methyl sites for hydroxylation is 2. The monoisotopic (exact) mass is 289 g/mol. The van der Waals surface area contributed by atoms with Crippen molar-refractivity contribution in [2.24, 2.45) is 5.73 Å². The lowest BCUT2D eigenvalue weighted by Gasteiger charge is -2.12. The molecule has 0 unspecified atom stereocenters. The number of ether oxygens (including phenoxy) is 1. The Morgan fingerprint density at radius 2 is 1.95 bits per heavy atom. The van der Waals surface area contributed by atoms with Crippen molar-refractivity contribution in [3.05, 3.63) is 64.5 Å². The molecule has 0 aromatic heterocycles. The molecule has 0 saturated heterocycles. The van der Waals surface area contributed by atoms with E-state index in [1.807, 2.05) is 26.0 Å². The molecule has 2 nitrogen and oxygen atoms in total. The lowest BCUT2D eigenvalue weighted by atomic mass is 10.1. The predicted octanol–water partition coefficient (Wildman–Crippen LogP) is 3.66. The van der Waals surface area contributed by atoms with Crippen LogP contribution in [0.2, 0.25) is 0 Å². The molecule has 2 aromatic rings. The Morgan fingerprint density at radius 1 is 1.20 bits per heavy atom. The number of hydrogen-bond acceptors (Lipinski definition) is 2. The van der Waals surface area contributed by atoms with Gasteiger partial charge in [-0.15, -0.1) is 0 Å². The summed E-state index contributed by atoms with van der Waals surface area (Å²) < 4.78 is 19.0. The Labute approximate surface area is 123 Å². The first kappa shape index (κ1) is 14.5. The van der Waals surface area contributed by atoms with Gasteiger partial charge in [-0.05, 0) is 43.2 Å². The summed E-state index contributed by atoms with van der Waals surface area (Å²) in [7, 11) is 0. The highest BCUT2D eigenvalue weighted by Gasteiger charge is 2.08. The van der Waals surface area contributed by atoms with Gasteiger partial charge in [-0.1, -0.05) is 36.0 Å². The summed E-state index contributed by atoms with van der Waals surface area (Å²) in [5.74, 6) is 0.442. The fourth-order valence-corrected chi connectivity index (χ4v) is 2.21. The Kier molecular flexibility index (Phi) is 4.35. The van der Waals surface area contributed by atoms with E-state index in [1.54, 1.807) is 6.07 Å². The standard InChI is InChI=1S/C16H16FNOS/c1-10-3-6-15(11(2)7-10)19-9-12-4-5-13(17)8-14(12)16(18)20/h3-8H,9H2,1-2H3,(H2,18,20). The number of halogens is 1. The maximum atomic E-state index is 13.2. The van der Waals surface area contributed by atoms with Crippen LogP contribution in [0.4, 0.5) is 4.39 Å². The molecule has 0 fully saturated rings. The van der Waals surface area contributed by atoms with Crippen molar-refractivity contribution in [1.82, 2.24) is 0 Å². The van der Waals surface area contributed by atoms with Crippen LogP contribution in [0.15, 0.2) is 36.4 Å². The van der Waals surface area contributed by atoms with E-state index in [-0.39, 0.29) is 10.8 Å². The molecule has 20 heavy (non-hydrogen) atoms. The van der Waals surface area contributed by atoms with Crippen LogP contribution < -0.4 is 10.5 Å². The highest BCUT2D eigenvalue weighted by Crippen LogP contribution is 2.21. The van der Waals surface area contributed by atoms with Crippen LogP contribution in [0.3, 0.4) is 0 Å². The molecule has 0 heterocycles. The first-order chi connectivity index (χ1) is 9.47. The van der Waals surface area contributed by atoms with Crippen LogP contribution in [-0.4, -0.2) is 4.99 Å². The van der Waals surface area contributed by atoms with Crippen molar-refractivity contribution in [2.75, 3.05) is 0 Å². The molecule has 2 aromatic carbocycles. The van der Waals surface area contributed by atoms with Crippen molar-refractivity contribution >= 4 is 17.2 Å². The topological polar surface area (TPSA) is 35.2 Å². The maximum absolute atomic E-state index is 13.2. The van der Waals surface area contributed by atoms with Crippen molar-refractivity contribution in [2.45, 2.75) is 20.5 Å². The molecule has 0 spiro atoms. The molecular formula is C16H16FNOS. The minimum atomic E-state index is -0.358. The fraction of sp³-hybridized carbons (Fsp3) is 0.188. The Bertz CT molecular complexity index is 655. The summed E-state index contributed by atoms with van der Waals surface area (Å²) in [6, 6.07) is 10.3. The Hall–Kier alpha value is -1.94. The number of thiocarbonyl (C=S) groups is 1. The van der Waals surface area contributed by atoms with E-state index in [2.05, 4.69) is 6.07 Å². The first-order valence-electron chi connectivity index (χ1n) is 6.25. The molecule has 104 valence electrons. The van der Waals surface area contributed by atoms with Crippen LogP contribution in [-0.2, 0) is 6.61 Å². The number of hydrogen-bond donors (Lipinski definition) is 1. The average molecular weight is 289 g/mol. The van der Waals surface area contributed by atoms with Gasteiger partial charge in [-0.25, -0.2) is 4.39 Å². The molecule has 2 N–H and O–H groups in total. The molecule has 4 heteroatoms. The van der Waals surface area contributed by atoms with E-state index in [9.17, 15) is 4.39 Å². The Morgan fingerprint density at radius 3 is 2.60 bits per heavy atom. The molecule has 0 atom stereocenters. The highest BCUT2D eigenvalue weighted by molar-refractivity contribution is 7.80. The maximum Gasteiger partial charge on any atom is 0.123 e.